The average molecular weight is 366 g/mol. The van der Waals surface area contributed by atoms with Gasteiger partial charge in [-0.25, -0.2) is 13.1 Å². The molecule has 4 aliphatic rings. The molecule has 0 spiro atoms. The number of aryl methyl sites for hydroxylation is 1. The van der Waals surface area contributed by atoms with E-state index in [-0.39, 0.29) is 11.5 Å². The van der Waals surface area contributed by atoms with Gasteiger partial charge in [0.05, 0.1) is 11.9 Å². The molecule has 0 aromatic carbocycles. The number of rotatable bonds is 6. The van der Waals surface area contributed by atoms with Gasteiger partial charge in [0.25, 0.3) is 0 Å². The van der Waals surface area contributed by atoms with E-state index in [1.807, 2.05) is 13.8 Å². The Morgan fingerprint density at radius 2 is 1.76 bits per heavy atom. The fraction of sp³-hybridized carbons (Fsp3) is 0.842. The van der Waals surface area contributed by atoms with Crippen LogP contribution in [0.2, 0.25) is 0 Å². The predicted molar refractivity (Wildman–Crippen MR) is 97.6 cm³/mol. The summed E-state index contributed by atoms with van der Waals surface area (Å²) in [6.45, 7) is 6.65. The van der Waals surface area contributed by atoms with Crippen LogP contribution in [-0.2, 0) is 16.6 Å². The van der Waals surface area contributed by atoms with Crippen LogP contribution in [0.3, 0.4) is 0 Å². The third-order valence-electron chi connectivity index (χ3n) is 7.18. The van der Waals surface area contributed by atoms with Crippen molar-refractivity contribution in [3.8, 4) is 0 Å². The molecule has 4 fully saturated rings. The Labute approximate surface area is 151 Å². The molecular weight excluding hydrogens is 334 g/mol. The zero-order chi connectivity index (χ0) is 17.8. The van der Waals surface area contributed by atoms with Gasteiger partial charge in [0.15, 0.2) is 0 Å². The van der Waals surface area contributed by atoms with Crippen molar-refractivity contribution in [2.75, 3.05) is 0 Å². The van der Waals surface area contributed by atoms with Crippen molar-refractivity contribution in [2.45, 2.75) is 83.2 Å². The summed E-state index contributed by atoms with van der Waals surface area (Å²) < 4.78 is 31.0. The maximum Gasteiger partial charge on any atom is 0.244 e. The first-order chi connectivity index (χ1) is 11.9. The molecular formula is C19H31N3O2S. The second-order valence-corrected chi connectivity index (χ2v) is 10.5. The molecule has 6 heteroatoms. The van der Waals surface area contributed by atoms with Crippen LogP contribution in [0.4, 0.5) is 0 Å². The molecule has 1 atom stereocenters. The average Bonchev–Trinajstić information content (AvgIpc) is 2.93. The molecule has 4 aliphatic carbocycles. The number of nitrogens with one attached hydrogen (secondary N) is 1. The Hall–Kier alpha value is -0.880. The zero-order valence-corrected chi connectivity index (χ0v) is 16.5. The molecule has 1 aromatic rings. The molecule has 0 saturated heterocycles. The number of hydrogen-bond donors (Lipinski definition) is 1. The Balaban J connectivity index is 1.60. The van der Waals surface area contributed by atoms with E-state index in [1.54, 1.807) is 4.68 Å². The van der Waals surface area contributed by atoms with Crippen LogP contribution in [0.1, 0.15) is 64.5 Å². The van der Waals surface area contributed by atoms with Gasteiger partial charge >= 0.3 is 0 Å². The van der Waals surface area contributed by atoms with E-state index in [1.165, 1.54) is 44.7 Å². The van der Waals surface area contributed by atoms with Crippen molar-refractivity contribution in [2.24, 2.45) is 23.2 Å². The van der Waals surface area contributed by atoms with E-state index in [0.717, 1.165) is 29.9 Å². The zero-order valence-electron chi connectivity index (χ0n) is 15.7. The second-order valence-electron chi connectivity index (χ2n) is 8.77. The summed E-state index contributed by atoms with van der Waals surface area (Å²) in [4.78, 5) is 0.345. The fourth-order valence-electron chi connectivity index (χ4n) is 6.51. The van der Waals surface area contributed by atoms with E-state index in [9.17, 15) is 8.42 Å². The van der Waals surface area contributed by atoms with Gasteiger partial charge in [-0.1, -0.05) is 6.92 Å². The summed E-state index contributed by atoms with van der Waals surface area (Å²) in [6, 6.07) is 0.0512. The van der Waals surface area contributed by atoms with Gasteiger partial charge < -0.3 is 0 Å². The van der Waals surface area contributed by atoms with Crippen LogP contribution >= 0.6 is 0 Å². The molecule has 0 aliphatic heterocycles. The standard InChI is InChI=1S/C19H31N3O2S/c1-4-18(19-9-14-6-15(10-19)8-16(7-14)11-19)21-25(23,24)17-12-20-22(5-2)13(17)3/h12,14-16,18,21H,4-11H2,1-3H3/t14?,15?,16?,18-,19?/m1/s1. The van der Waals surface area contributed by atoms with Crippen LogP contribution in [0, 0.1) is 30.1 Å². The number of nitrogens with zero attached hydrogens (tertiary/aromatic N) is 2. The Kier molecular flexibility index (Phi) is 4.27. The molecule has 0 amide bonds. The molecule has 5 rings (SSSR count). The van der Waals surface area contributed by atoms with Gasteiger partial charge in [0, 0.05) is 12.6 Å². The molecule has 25 heavy (non-hydrogen) atoms. The first kappa shape index (κ1) is 17.5. The summed E-state index contributed by atoms with van der Waals surface area (Å²) >= 11 is 0. The number of hydrogen-bond acceptors (Lipinski definition) is 3. The van der Waals surface area contributed by atoms with Gasteiger partial charge in [-0.05, 0) is 82.0 Å². The van der Waals surface area contributed by atoms with E-state index in [0.29, 0.717) is 11.4 Å². The molecule has 0 unspecified atom stereocenters. The van der Waals surface area contributed by atoms with Crippen LogP contribution in [-0.4, -0.2) is 24.2 Å². The molecule has 140 valence electrons. The first-order valence-electron chi connectivity index (χ1n) is 9.91. The maximum atomic E-state index is 13.1. The van der Waals surface area contributed by atoms with Crippen LogP contribution in [0.15, 0.2) is 11.1 Å². The Morgan fingerprint density at radius 3 is 2.20 bits per heavy atom. The fourth-order valence-corrected chi connectivity index (χ4v) is 8.11. The van der Waals surface area contributed by atoms with E-state index < -0.39 is 10.0 Å². The second kappa shape index (κ2) is 6.08. The highest BCUT2D eigenvalue weighted by Gasteiger charge is 2.54. The predicted octanol–water partition coefficient (Wildman–Crippen LogP) is 3.48. The van der Waals surface area contributed by atoms with Crippen molar-refractivity contribution < 1.29 is 8.42 Å². The van der Waals surface area contributed by atoms with Crippen LogP contribution in [0.25, 0.3) is 0 Å². The van der Waals surface area contributed by atoms with Crippen LogP contribution in [0.5, 0.6) is 0 Å². The molecule has 4 bridgehead atoms. The maximum absolute atomic E-state index is 13.1. The minimum atomic E-state index is -3.52. The Morgan fingerprint density at radius 1 is 1.20 bits per heavy atom. The molecule has 0 radical (unpaired) electrons. The lowest BCUT2D eigenvalue weighted by Gasteiger charge is -2.59. The third-order valence-corrected chi connectivity index (χ3v) is 8.75. The van der Waals surface area contributed by atoms with Gasteiger partial charge in [-0.15, -0.1) is 0 Å². The molecule has 5 nitrogen and oxygen atoms in total. The van der Waals surface area contributed by atoms with Gasteiger partial charge in [0.2, 0.25) is 10.0 Å². The Bertz CT molecular complexity index is 717. The highest BCUT2D eigenvalue weighted by molar-refractivity contribution is 7.89. The van der Waals surface area contributed by atoms with E-state index in [4.69, 9.17) is 0 Å². The number of aromatic nitrogens is 2. The molecule has 1 N–H and O–H groups in total. The minimum Gasteiger partial charge on any atom is -0.269 e. The lowest BCUT2D eigenvalue weighted by Crippen LogP contribution is -2.56. The highest BCUT2D eigenvalue weighted by atomic mass is 32.2. The van der Waals surface area contributed by atoms with Gasteiger partial charge in [0.1, 0.15) is 4.90 Å². The monoisotopic (exact) mass is 365 g/mol. The van der Waals surface area contributed by atoms with Crippen molar-refractivity contribution in [3.05, 3.63) is 11.9 Å². The highest BCUT2D eigenvalue weighted by Crippen LogP contribution is 2.61. The van der Waals surface area contributed by atoms with Crippen LogP contribution < -0.4 is 4.72 Å². The van der Waals surface area contributed by atoms with Gasteiger partial charge in [-0.3, -0.25) is 4.68 Å². The first-order valence-corrected chi connectivity index (χ1v) is 11.4. The third kappa shape index (κ3) is 2.85. The SMILES string of the molecule is CC[C@@H](NS(=O)(=O)c1cnn(CC)c1C)C12CC3CC(CC(C3)C1)C2. The lowest BCUT2D eigenvalue weighted by atomic mass is 9.47. The topological polar surface area (TPSA) is 64.0 Å². The van der Waals surface area contributed by atoms with Gasteiger partial charge in [-0.2, -0.15) is 5.10 Å². The number of sulfonamides is 1. The summed E-state index contributed by atoms with van der Waals surface area (Å²) in [6.07, 6.45) is 10.2. The quantitative estimate of drug-likeness (QED) is 0.839. The molecule has 4 saturated carbocycles. The molecule has 1 heterocycles. The van der Waals surface area contributed by atoms with Crippen molar-refractivity contribution in [3.63, 3.8) is 0 Å². The van der Waals surface area contributed by atoms with Crippen molar-refractivity contribution in [1.82, 2.24) is 14.5 Å². The molecule has 1 aromatic heterocycles. The van der Waals surface area contributed by atoms with E-state index >= 15 is 0 Å². The summed E-state index contributed by atoms with van der Waals surface area (Å²) in [7, 11) is -3.52. The smallest absolute Gasteiger partial charge is 0.244 e. The lowest BCUT2D eigenvalue weighted by molar-refractivity contribution is -0.0704. The summed E-state index contributed by atoms with van der Waals surface area (Å²) in [5, 5.41) is 4.22. The summed E-state index contributed by atoms with van der Waals surface area (Å²) in [5.41, 5.74) is 0.918. The largest absolute Gasteiger partial charge is 0.269 e. The van der Waals surface area contributed by atoms with Crippen molar-refractivity contribution in [1.29, 1.82) is 0 Å². The summed E-state index contributed by atoms with van der Waals surface area (Å²) in [5.74, 6) is 2.48. The van der Waals surface area contributed by atoms with Crippen molar-refractivity contribution >= 4 is 10.0 Å². The van der Waals surface area contributed by atoms with E-state index in [2.05, 4.69) is 16.7 Å². The normalized spacial score (nSPS) is 35.2. The minimum absolute atomic E-state index is 0.0512.